The summed E-state index contributed by atoms with van der Waals surface area (Å²) in [5.41, 5.74) is 0.436. The van der Waals surface area contributed by atoms with E-state index in [1.807, 2.05) is 0 Å². The maximum Gasteiger partial charge on any atom is 0.252 e. The predicted octanol–water partition coefficient (Wildman–Crippen LogP) is 0.485. The average Bonchev–Trinajstić information content (AvgIpc) is 3.17. The van der Waals surface area contributed by atoms with Crippen LogP contribution < -0.4 is 0 Å². The molecule has 0 aromatic carbocycles. The Morgan fingerprint density at radius 1 is 1.04 bits per heavy atom. The van der Waals surface area contributed by atoms with Crippen LogP contribution in [0, 0.1) is 6.92 Å². The highest BCUT2D eigenvalue weighted by Crippen LogP contribution is 2.24. The third kappa shape index (κ3) is 3.02. The molecule has 0 N–H and O–H groups in total. The number of nitrogens with zero attached hydrogens (tertiary/aromatic N) is 4. The Kier molecular flexibility index (Phi) is 4.55. The van der Waals surface area contributed by atoms with Crippen LogP contribution in [0.3, 0.4) is 0 Å². The summed E-state index contributed by atoms with van der Waals surface area (Å²) in [6.07, 6.45) is 1.47. The van der Waals surface area contributed by atoms with Gasteiger partial charge in [-0.2, -0.15) is 13.7 Å². The zero-order valence-corrected chi connectivity index (χ0v) is 15.7. The summed E-state index contributed by atoms with van der Waals surface area (Å²) < 4.78 is 54.8. The van der Waals surface area contributed by atoms with Crippen LogP contribution in [-0.2, 0) is 27.1 Å². The lowest BCUT2D eigenvalue weighted by Gasteiger charge is -2.32. The lowest BCUT2D eigenvalue weighted by molar-refractivity contribution is 0.273. The highest BCUT2D eigenvalue weighted by molar-refractivity contribution is 7.91. The van der Waals surface area contributed by atoms with Crippen molar-refractivity contribution in [1.29, 1.82) is 0 Å². The minimum absolute atomic E-state index is 0.126. The van der Waals surface area contributed by atoms with Gasteiger partial charge in [-0.15, -0.1) is 11.3 Å². The minimum atomic E-state index is -3.66. The zero-order valence-electron chi connectivity index (χ0n) is 13.3. The fourth-order valence-corrected chi connectivity index (χ4v) is 6.85. The molecule has 0 spiro atoms. The number of hydrogen-bond acceptors (Lipinski definition) is 6. The van der Waals surface area contributed by atoms with E-state index in [4.69, 9.17) is 0 Å². The monoisotopic (exact) mass is 390 g/mol. The Labute approximate surface area is 145 Å². The van der Waals surface area contributed by atoms with Crippen molar-refractivity contribution in [3.63, 3.8) is 0 Å². The molecule has 0 bridgehead atoms. The van der Waals surface area contributed by atoms with Gasteiger partial charge in [-0.3, -0.25) is 4.68 Å². The van der Waals surface area contributed by atoms with Crippen LogP contribution in [0.5, 0.6) is 0 Å². The molecule has 1 fully saturated rings. The third-order valence-electron chi connectivity index (χ3n) is 3.87. The first-order valence-corrected chi connectivity index (χ1v) is 11.0. The van der Waals surface area contributed by atoms with Crippen molar-refractivity contribution in [2.24, 2.45) is 7.05 Å². The maximum absolute atomic E-state index is 12.7. The van der Waals surface area contributed by atoms with Crippen LogP contribution in [0.4, 0.5) is 0 Å². The quantitative estimate of drug-likeness (QED) is 0.757. The van der Waals surface area contributed by atoms with Crippen molar-refractivity contribution in [2.75, 3.05) is 26.2 Å². The zero-order chi connectivity index (χ0) is 17.5. The van der Waals surface area contributed by atoms with E-state index in [1.54, 1.807) is 31.5 Å². The second-order valence-electron chi connectivity index (χ2n) is 5.49. The number of hydrogen-bond donors (Lipinski definition) is 0. The molecule has 0 atom stereocenters. The van der Waals surface area contributed by atoms with E-state index in [1.165, 1.54) is 19.5 Å². The summed E-state index contributed by atoms with van der Waals surface area (Å²) >= 11 is 1.16. The molecule has 132 valence electrons. The van der Waals surface area contributed by atoms with Gasteiger partial charge >= 0.3 is 0 Å². The molecule has 0 radical (unpaired) electrons. The average molecular weight is 391 g/mol. The van der Waals surface area contributed by atoms with Crippen LogP contribution in [0.15, 0.2) is 32.8 Å². The molecular formula is C13H18N4O4S3. The fraction of sp³-hybridized carbons (Fsp3) is 0.462. The van der Waals surface area contributed by atoms with Crippen LogP contribution in [0.2, 0.25) is 0 Å². The predicted molar refractivity (Wildman–Crippen MR) is 89.8 cm³/mol. The van der Waals surface area contributed by atoms with Gasteiger partial charge in [-0.1, -0.05) is 6.07 Å². The van der Waals surface area contributed by atoms with E-state index < -0.39 is 20.0 Å². The molecule has 2 aromatic heterocycles. The van der Waals surface area contributed by atoms with Crippen LogP contribution in [-0.4, -0.2) is 61.4 Å². The number of rotatable bonds is 4. The van der Waals surface area contributed by atoms with Crippen LogP contribution >= 0.6 is 11.3 Å². The van der Waals surface area contributed by atoms with Gasteiger partial charge in [0.05, 0.1) is 5.69 Å². The lowest BCUT2D eigenvalue weighted by Crippen LogP contribution is -2.50. The van der Waals surface area contributed by atoms with Crippen molar-refractivity contribution in [3.05, 3.63) is 29.4 Å². The summed E-state index contributed by atoms with van der Waals surface area (Å²) in [6, 6.07) is 3.24. The molecule has 1 aliphatic rings. The van der Waals surface area contributed by atoms with E-state index in [0.29, 0.717) is 5.69 Å². The Bertz CT molecular complexity index is 924. The van der Waals surface area contributed by atoms with E-state index in [2.05, 4.69) is 5.10 Å². The van der Waals surface area contributed by atoms with Crippen LogP contribution in [0.1, 0.15) is 5.69 Å². The van der Waals surface area contributed by atoms with E-state index in [-0.39, 0.29) is 35.3 Å². The van der Waals surface area contributed by atoms with Gasteiger partial charge in [-0.05, 0) is 18.4 Å². The van der Waals surface area contributed by atoms with Crippen molar-refractivity contribution in [3.8, 4) is 0 Å². The van der Waals surface area contributed by atoms with Gasteiger partial charge in [0.2, 0.25) is 10.0 Å². The summed E-state index contributed by atoms with van der Waals surface area (Å²) in [5, 5.41) is 5.77. The molecule has 1 saturated heterocycles. The number of aryl methyl sites for hydroxylation is 2. The Hall–Kier alpha value is -1.27. The van der Waals surface area contributed by atoms with Gasteiger partial charge in [0.15, 0.2) is 0 Å². The second kappa shape index (κ2) is 6.23. The van der Waals surface area contributed by atoms with Gasteiger partial charge in [-0.25, -0.2) is 16.8 Å². The Morgan fingerprint density at radius 2 is 1.62 bits per heavy atom. The minimum Gasteiger partial charge on any atom is -0.274 e. The molecule has 0 saturated carbocycles. The molecule has 2 aromatic rings. The van der Waals surface area contributed by atoms with E-state index in [0.717, 1.165) is 11.3 Å². The summed E-state index contributed by atoms with van der Waals surface area (Å²) in [7, 11) is -5.54. The van der Waals surface area contributed by atoms with E-state index in [9.17, 15) is 16.8 Å². The summed E-state index contributed by atoms with van der Waals surface area (Å²) in [6.45, 7) is 2.17. The lowest BCUT2D eigenvalue weighted by atomic mass is 10.4. The summed E-state index contributed by atoms with van der Waals surface area (Å²) in [4.78, 5) is 0.166. The summed E-state index contributed by atoms with van der Waals surface area (Å²) in [5.74, 6) is 0. The third-order valence-corrected chi connectivity index (χ3v) is 9.15. The normalized spacial score (nSPS) is 18.1. The van der Waals surface area contributed by atoms with Crippen molar-refractivity contribution >= 4 is 31.4 Å². The van der Waals surface area contributed by atoms with Crippen LogP contribution in [0.25, 0.3) is 0 Å². The Balaban J connectivity index is 1.77. The molecule has 3 heterocycles. The first kappa shape index (κ1) is 17.5. The smallest absolute Gasteiger partial charge is 0.252 e. The highest BCUT2D eigenvalue weighted by Gasteiger charge is 2.35. The standard InChI is InChI=1S/C13H18N4O4S3/c1-11-12(10-15(2)14-11)23(18,19)16-5-7-17(8-6-16)24(20,21)13-4-3-9-22-13/h3-4,9-10H,5-8H2,1-2H3. The second-order valence-corrected chi connectivity index (χ2v) is 10.5. The van der Waals surface area contributed by atoms with Gasteiger partial charge in [0.1, 0.15) is 9.10 Å². The first-order valence-electron chi connectivity index (χ1n) is 7.27. The number of thiophene rings is 1. The topological polar surface area (TPSA) is 92.6 Å². The van der Waals surface area contributed by atoms with E-state index >= 15 is 0 Å². The molecule has 24 heavy (non-hydrogen) atoms. The number of sulfonamides is 2. The van der Waals surface area contributed by atoms with Gasteiger partial charge in [0, 0.05) is 39.4 Å². The molecule has 8 nitrogen and oxygen atoms in total. The molecule has 1 aliphatic heterocycles. The largest absolute Gasteiger partial charge is 0.274 e. The van der Waals surface area contributed by atoms with Crippen molar-refractivity contribution in [1.82, 2.24) is 18.4 Å². The number of piperazine rings is 1. The van der Waals surface area contributed by atoms with Gasteiger partial charge < -0.3 is 0 Å². The first-order chi connectivity index (χ1) is 11.2. The van der Waals surface area contributed by atoms with Crippen molar-refractivity contribution in [2.45, 2.75) is 16.0 Å². The molecule has 0 unspecified atom stereocenters. The van der Waals surface area contributed by atoms with Crippen molar-refractivity contribution < 1.29 is 16.8 Å². The molecule has 0 amide bonds. The molecule has 11 heteroatoms. The Morgan fingerprint density at radius 3 is 2.08 bits per heavy atom. The highest BCUT2D eigenvalue weighted by atomic mass is 32.2. The molecular weight excluding hydrogens is 372 g/mol. The molecule has 0 aliphatic carbocycles. The molecule has 3 rings (SSSR count). The van der Waals surface area contributed by atoms with Gasteiger partial charge in [0.25, 0.3) is 10.0 Å². The SMILES string of the molecule is Cc1nn(C)cc1S(=O)(=O)N1CCN(S(=O)(=O)c2cccs2)CC1. The number of aromatic nitrogens is 2. The maximum atomic E-state index is 12.7. The fourth-order valence-electron chi connectivity index (χ4n) is 2.66.